The molecule has 0 aliphatic carbocycles. The first kappa shape index (κ1) is 26.1. The van der Waals surface area contributed by atoms with Gasteiger partial charge in [-0.2, -0.15) is 0 Å². The summed E-state index contributed by atoms with van der Waals surface area (Å²) >= 11 is 0. The maximum atomic E-state index is 13.1. The second-order valence-electron chi connectivity index (χ2n) is 9.39. The van der Waals surface area contributed by atoms with Gasteiger partial charge in [0.05, 0.1) is 17.9 Å². The molecule has 0 radical (unpaired) electrons. The molecule has 0 spiro atoms. The van der Waals surface area contributed by atoms with Gasteiger partial charge in [0.2, 0.25) is 5.91 Å². The predicted octanol–water partition coefficient (Wildman–Crippen LogP) is 3.22. The van der Waals surface area contributed by atoms with E-state index in [0.717, 1.165) is 74.8 Å². The largest absolute Gasteiger partial charge is 0.339 e. The van der Waals surface area contributed by atoms with Gasteiger partial charge in [0.1, 0.15) is 12.1 Å². The van der Waals surface area contributed by atoms with Crippen molar-refractivity contribution < 1.29 is 9.59 Å². The number of rotatable bonds is 10. The Labute approximate surface area is 204 Å². The number of allylic oxidation sites excluding steroid dienone is 5. The van der Waals surface area contributed by atoms with E-state index in [1.54, 1.807) is 6.08 Å². The van der Waals surface area contributed by atoms with Crippen molar-refractivity contribution in [1.82, 2.24) is 24.3 Å². The van der Waals surface area contributed by atoms with Crippen LogP contribution in [0.5, 0.6) is 0 Å². The fourth-order valence-corrected chi connectivity index (χ4v) is 5.08. The number of aldehydes is 1. The Balaban J connectivity index is 1.59. The van der Waals surface area contributed by atoms with Crippen LogP contribution in [0, 0.1) is 0 Å². The Hall–Kier alpha value is -2.51. The first-order valence-corrected chi connectivity index (χ1v) is 12.7. The number of imidazole rings is 1. The average Bonchev–Trinajstić information content (AvgIpc) is 3.18. The SMILES string of the molecule is C=C(C=O)/C=C\C(=C/C)c1nc2c(n1C)CN(CC(=O)N1CCN(C(CC)CCC)CC1)CC2. The molecule has 2 aliphatic rings. The molecule has 0 aromatic carbocycles. The number of carbonyl (C=O) groups is 2. The molecule has 3 heterocycles. The van der Waals surface area contributed by atoms with Crippen molar-refractivity contribution in [3.8, 4) is 0 Å². The molecule has 2 aliphatic heterocycles. The number of hydrogen-bond acceptors (Lipinski definition) is 5. The molecule has 1 amide bonds. The van der Waals surface area contributed by atoms with Crippen LogP contribution < -0.4 is 0 Å². The number of aromatic nitrogens is 2. The molecule has 1 aromatic heterocycles. The molecule has 0 saturated carbocycles. The van der Waals surface area contributed by atoms with E-state index in [0.29, 0.717) is 18.2 Å². The second kappa shape index (κ2) is 12.3. The lowest BCUT2D eigenvalue weighted by molar-refractivity contribution is -0.134. The number of fused-ring (bicyclic) bond motifs is 1. The summed E-state index contributed by atoms with van der Waals surface area (Å²) in [5.74, 6) is 1.11. The van der Waals surface area contributed by atoms with Crippen LogP contribution in [0.25, 0.3) is 5.57 Å². The van der Waals surface area contributed by atoms with Gasteiger partial charge in [0.25, 0.3) is 0 Å². The molecule has 1 atom stereocenters. The number of hydrogen-bond donors (Lipinski definition) is 0. The van der Waals surface area contributed by atoms with E-state index in [1.165, 1.54) is 19.3 Å². The van der Waals surface area contributed by atoms with Crippen molar-refractivity contribution >= 4 is 17.8 Å². The smallest absolute Gasteiger partial charge is 0.236 e. The third kappa shape index (κ3) is 6.13. The quantitative estimate of drug-likeness (QED) is 0.300. The second-order valence-corrected chi connectivity index (χ2v) is 9.39. The number of amides is 1. The number of carbonyl (C=O) groups excluding carboxylic acids is 2. The third-order valence-electron chi connectivity index (χ3n) is 7.17. The maximum Gasteiger partial charge on any atom is 0.236 e. The molecular weight excluding hydrogens is 426 g/mol. The van der Waals surface area contributed by atoms with E-state index in [9.17, 15) is 9.59 Å². The Bertz CT molecular complexity index is 937. The van der Waals surface area contributed by atoms with Gasteiger partial charge in [-0.15, -0.1) is 0 Å². The highest BCUT2D eigenvalue weighted by molar-refractivity contribution is 5.80. The predicted molar refractivity (Wildman–Crippen MR) is 137 cm³/mol. The van der Waals surface area contributed by atoms with Crippen molar-refractivity contribution in [1.29, 1.82) is 0 Å². The Morgan fingerprint density at radius 1 is 1.15 bits per heavy atom. The van der Waals surface area contributed by atoms with Gasteiger partial charge >= 0.3 is 0 Å². The Morgan fingerprint density at radius 3 is 2.50 bits per heavy atom. The van der Waals surface area contributed by atoms with Crippen LogP contribution in [-0.2, 0) is 29.6 Å². The van der Waals surface area contributed by atoms with E-state index < -0.39 is 0 Å². The minimum Gasteiger partial charge on any atom is -0.339 e. The molecule has 0 N–H and O–H groups in total. The van der Waals surface area contributed by atoms with Gasteiger partial charge in [-0.3, -0.25) is 19.4 Å². The minimum absolute atomic E-state index is 0.235. The highest BCUT2D eigenvalue weighted by Crippen LogP contribution is 2.24. The fraction of sp³-hybridized carbons (Fsp3) is 0.593. The maximum absolute atomic E-state index is 13.1. The van der Waals surface area contributed by atoms with E-state index in [2.05, 4.69) is 34.8 Å². The van der Waals surface area contributed by atoms with Gasteiger partial charge in [-0.05, 0) is 19.8 Å². The van der Waals surface area contributed by atoms with E-state index >= 15 is 0 Å². The van der Waals surface area contributed by atoms with Crippen molar-refractivity contribution in [3.63, 3.8) is 0 Å². The minimum atomic E-state index is 0.235. The molecule has 7 heteroatoms. The van der Waals surface area contributed by atoms with Crippen LogP contribution in [0.1, 0.15) is 57.2 Å². The van der Waals surface area contributed by atoms with Crippen molar-refractivity contribution in [2.24, 2.45) is 7.05 Å². The zero-order valence-electron chi connectivity index (χ0n) is 21.4. The summed E-state index contributed by atoms with van der Waals surface area (Å²) in [5.41, 5.74) is 3.64. The zero-order chi connectivity index (χ0) is 24.7. The highest BCUT2D eigenvalue weighted by atomic mass is 16.2. The lowest BCUT2D eigenvalue weighted by Gasteiger charge is -2.40. The van der Waals surface area contributed by atoms with E-state index in [4.69, 9.17) is 4.98 Å². The van der Waals surface area contributed by atoms with Gasteiger partial charge in [0.15, 0.2) is 0 Å². The van der Waals surface area contributed by atoms with E-state index in [-0.39, 0.29) is 5.91 Å². The van der Waals surface area contributed by atoms with Gasteiger partial charge in [-0.1, -0.05) is 45.1 Å². The van der Waals surface area contributed by atoms with Crippen LogP contribution in [0.3, 0.4) is 0 Å². The molecule has 3 rings (SSSR count). The molecule has 1 fully saturated rings. The Morgan fingerprint density at radius 2 is 1.88 bits per heavy atom. The summed E-state index contributed by atoms with van der Waals surface area (Å²) in [4.78, 5) is 35.7. The van der Waals surface area contributed by atoms with Gasteiger partial charge < -0.3 is 9.47 Å². The number of nitrogens with zero attached hydrogens (tertiary/aromatic N) is 5. The normalized spacial score (nSPS) is 18.8. The summed E-state index contributed by atoms with van der Waals surface area (Å²) < 4.78 is 2.12. The molecule has 1 aromatic rings. The summed E-state index contributed by atoms with van der Waals surface area (Å²) in [6.45, 7) is 15.8. The van der Waals surface area contributed by atoms with Crippen LogP contribution in [0.15, 0.2) is 30.4 Å². The first-order valence-electron chi connectivity index (χ1n) is 12.7. The first-order chi connectivity index (χ1) is 16.4. The molecular formula is C27H41N5O2. The summed E-state index contributed by atoms with van der Waals surface area (Å²) in [6.07, 6.45) is 10.8. The third-order valence-corrected chi connectivity index (χ3v) is 7.17. The van der Waals surface area contributed by atoms with Crippen LogP contribution in [0.2, 0.25) is 0 Å². The van der Waals surface area contributed by atoms with Crippen LogP contribution in [-0.4, -0.2) is 81.8 Å². The van der Waals surface area contributed by atoms with Crippen molar-refractivity contribution in [2.45, 2.75) is 59.0 Å². The van der Waals surface area contributed by atoms with Crippen LogP contribution >= 0.6 is 0 Å². The van der Waals surface area contributed by atoms with Gasteiger partial charge in [-0.25, -0.2) is 4.98 Å². The molecule has 34 heavy (non-hydrogen) atoms. The highest BCUT2D eigenvalue weighted by Gasteiger charge is 2.28. The average molecular weight is 468 g/mol. The summed E-state index contributed by atoms with van der Waals surface area (Å²) in [5, 5.41) is 0. The lowest BCUT2D eigenvalue weighted by atomic mass is 10.1. The zero-order valence-corrected chi connectivity index (χ0v) is 21.4. The summed E-state index contributed by atoms with van der Waals surface area (Å²) in [7, 11) is 2.03. The number of piperazine rings is 1. The molecule has 0 bridgehead atoms. The van der Waals surface area contributed by atoms with Gasteiger partial charge in [0, 0.05) is 69.9 Å². The monoisotopic (exact) mass is 467 g/mol. The molecule has 186 valence electrons. The van der Waals surface area contributed by atoms with Crippen molar-refractivity contribution in [2.75, 3.05) is 39.3 Å². The molecule has 1 saturated heterocycles. The summed E-state index contributed by atoms with van der Waals surface area (Å²) in [6, 6.07) is 0.648. The Kier molecular flexibility index (Phi) is 9.42. The standard InChI is InChI=1S/C27H41N5O2/c1-6-9-23(8-3)31-14-16-32(17-15-31)26(34)19-30-13-12-24-25(18-30)29(5)27(28-24)22(7-2)11-10-21(4)20-33/h7,10-11,20,23H,4,6,8-9,12-19H2,1-3,5H3/b11-10-,22-7+. The van der Waals surface area contributed by atoms with Crippen LogP contribution in [0.4, 0.5) is 0 Å². The van der Waals surface area contributed by atoms with Crippen molar-refractivity contribution in [3.05, 3.63) is 47.6 Å². The fourth-order valence-electron chi connectivity index (χ4n) is 5.08. The lowest BCUT2D eigenvalue weighted by Crippen LogP contribution is -2.53. The van der Waals surface area contributed by atoms with E-state index in [1.807, 2.05) is 31.0 Å². The topological polar surface area (TPSA) is 61.7 Å². The molecule has 7 nitrogen and oxygen atoms in total. The molecule has 1 unspecified atom stereocenters.